The van der Waals surface area contributed by atoms with Crippen molar-refractivity contribution in [2.24, 2.45) is 0 Å². The minimum absolute atomic E-state index is 0.199. The Hall–Kier alpha value is -1.33. The van der Waals surface area contributed by atoms with Gasteiger partial charge in [0, 0.05) is 10.5 Å². The molecule has 0 radical (unpaired) electrons. The number of hydrogen-bond donors (Lipinski definition) is 1. The van der Waals surface area contributed by atoms with E-state index >= 15 is 0 Å². The lowest BCUT2D eigenvalue weighted by atomic mass is 10.1. The molecular weight excluding hydrogens is 176 g/mol. The number of rotatable bonds is 3. The maximum atomic E-state index is 10.9. The molecular formula is C7H14N2O4. The molecule has 0 atom stereocenters. The predicted octanol–water partition coefficient (Wildman–Crippen LogP) is 0.788. The number of nitrogens with one attached hydrogen (secondary N) is 1. The van der Waals surface area contributed by atoms with E-state index in [1.165, 1.54) is 0 Å². The fraction of sp³-hybridized carbons (Fsp3) is 0.857. The minimum Gasteiger partial charge on any atom is -0.443 e. The van der Waals surface area contributed by atoms with Gasteiger partial charge in [0.05, 0.1) is 0 Å². The highest BCUT2D eigenvalue weighted by molar-refractivity contribution is 5.67. The number of nitro groups is 1. The van der Waals surface area contributed by atoms with Crippen LogP contribution >= 0.6 is 0 Å². The SMILES string of the molecule is CC(C)(C)NC(=O)OCC[N+](=O)[O-]. The zero-order valence-corrected chi connectivity index (χ0v) is 7.99. The maximum absolute atomic E-state index is 10.9. The van der Waals surface area contributed by atoms with Crippen LogP contribution in [0.5, 0.6) is 0 Å². The second-order valence-corrected chi connectivity index (χ2v) is 3.57. The second-order valence-electron chi connectivity index (χ2n) is 3.57. The molecule has 0 bridgehead atoms. The third kappa shape index (κ3) is 8.58. The summed E-state index contributed by atoms with van der Waals surface area (Å²) in [6.45, 7) is 4.82. The maximum Gasteiger partial charge on any atom is 0.407 e. The van der Waals surface area contributed by atoms with Crippen molar-refractivity contribution in [1.29, 1.82) is 0 Å². The summed E-state index contributed by atoms with van der Waals surface area (Å²) in [4.78, 5) is 20.2. The van der Waals surface area contributed by atoms with Crippen LogP contribution in [0.25, 0.3) is 0 Å². The summed E-state index contributed by atoms with van der Waals surface area (Å²) in [5, 5.41) is 12.4. The van der Waals surface area contributed by atoms with Gasteiger partial charge in [0.25, 0.3) is 0 Å². The topological polar surface area (TPSA) is 81.5 Å². The second kappa shape index (κ2) is 4.64. The van der Waals surface area contributed by atoms with E-state index in [0.717, 1.165) is 0 Å². The average molecular weight is 190 g/mol. The van der Waals surface area contributed by atoms with Crippen LogP contribution in [-0.4, -0.2) is 29.7 Å². The number of hydrogen-bond acceptors (Lipinski definition) is 4. The molecule has 0 heterocycles. The van der Waals surface area contributed by atoms with Gasteiger partial charge in [-0.25, -0.2) is 4.79 Å². The molecule has 0 aromatic heterocycles. The van der Waals surface area contributed by atoms with Crippen LogP contribution in [-0.2, 0) is 4.74 Å². The molecule has 0 aliphatic carbocycles. The molecule has 0 saturated carbocycles. The molecule has 0 aromatic carbocycles. The minimum atomic E-state index is -0.630. The molecule has 1 N–H and O–H groups in total. The van der Waals surface area contributed by atoms with Gasteiger partial charge in [-0.15, -0.1) is 0 Å². The highest BCUT2D eigenvalue weighted by Crippen LogP contribution is 1.98. The Morgan fingerprint density at radius 2 is 2.08 bits per heavy atom. The lowest BCUT2D eigenvalue weighted by Crippen LogP contribution is -2.41. The Morgan fingerprint density at radius 1 is 1.54 bits per heavy atom. The molecule has 0 aromatic rings. The normalized spacial score (nSPS) is 10.7. The number of carbonyl (C=O) groups excluding carboxylic acids is 1. The molecule has 0 aliphatic heterocycles. The van der Waals surface area contributed by atoms with Crippen molar-refractivity contribution in [3.05, 3.63) is 10.1 Å². The van der Waals surface area contributed by atoms with Crippen molar-refractivity contribution in [3.63, 3.8) is 0 Å². The number of nitrogens with zero attached hydrogens (tertiary/aromatic N) is 1. The van der Waals surface area contributed by atoms with Crippen LogP contribution in [0.15, 0.2) is 0 Å². The van der Waals surface area contributed by atoms with Crippen LogP contribution in [0.4, 0.5) is 4.79 Å². The zero-order valence-electron chi connectivity index (χ0n) is 7.99. The van der Waals surface area contributed by atoms with Gasteiger partial charge >= 0.3 is 6.09 Å². The lowest BCUT2D eigenvalue weighted by Gasteiger charge is -2.19. The summed E-state index contributed by atoms with van der Waals surface area (Å²) in [5.74, 6) is 0. The number of amides is 1. The van der Waals surface area contributed by atoms with Crippen molar-refractivity contribution >= 4 is 6.09 Å². The fourth-order valence-electron chi connectivity index (χ4n) is 0.555. The largest absolute Gasteiger partial charge is 0.443 e. The van der Waals surface area contributed by atoms with Crippen molar-refractivity contribution in [3.8, 4) is 0 Å². The van der Waals surface area contributed by atoms with E-state index in [1.807, 2.05) is 0 Å². The molecule has 13 heavy (non-hydrogen) atoms. The van der Waals surface area contributed by atoms with Gasteiger partial charge in [0.2, 0.25) is 6.54 Å². The van der Waals surface area contributed by atoms with E-state index < -0.39 is 11.0 Å². The molecule has 1 amide bonds. The van der Waals surface area contributed by atoms with E-state index in [-0.39, 0.29) is 18.7 Å². The summed E-state index contributed by atoms with van der Waals surface area (Å²) in [6.07, 6.45) is -0.630. The highest BCUT2D eigenvalue weighted by atomic mass is 16.6. The van der Waals surface area contributed by atoms with E-state index in [9.17, 15) is 14.9 Å². The third-order valence-electron chi connectivity index (χ3n) is 0.984. The van der Waals surface area contributed by atoms with E-state index in [1.54, 1.807) is 20.8 Å². The lowest BCUT2D eigenvalue weighted by molar-refractivity contribution is -0.482. The molecule has 0 aliphatic rings. The molecule has 0 fully saturated rings. The number of carbonyl (C=O) groups is 1. The summed E-state index contributed by atoms with van der Waals surface area (Å²) in [7, 11) is 0. The van der Waals surface area contributed by atoms with E-state index in [0.29, 0.717) is 0 Å². The van der Waals surface area contributed by atoms with Crippen LogP contribution in [0.3, 0.4) is 0 Å². The van der Waals surface area contributed by atoms with Gasteiger partial charge in [-0.3, -0.25) is 10.1 Å². The number of alkyl carbamates (subject to hydrolysis) is 1. The van der Waals surface area contributed by atoms with Crippen LogP contribution in [0.1, 0.15) is 20.8 Å². The standard InChI is InChI=1S/C7H14N2O4/c1-7(2,3)8-6(10)13-5-4-9(11)12/h4-5H2,1-3H3,(H,8,10). The quantitative estimate of drug-likeness (QED) is 0.526. The van der Waals surface area contributed by atoms with Crippen molar-refractivity contribution in [2.45, 2.75) is 26.3 Å². The molecule has 6 heteroatoms. The van der Waals surface area contributed by atoms with Gasteiger partial charge in [-0.1, -0.05) is 0 Å². The summed E-state index contributed by atoms with van der Waals surface area (Å²) in [6, 6.07) is 0. The Balaban J connectivity index is 3.59. The number of ether oxygens (including phenoxy) is 1. The van der Waals surface area contributed by atoms with Gasteiger partial charge in [0.15, 0.2) is 6.61 Å². The molecule has 0 rings (SSSR count). The molecule has 0 saturated heterocycles. The molecule has 0 unspecified atom stereocenters. The molecule has 0 spiro atoms. The zero-order chi connectivity index (χ0) is 10.5. The summed E-state index contributed by atoms with van der Waals surface area (Å²) < 4.78 is 4.54. The summed E-state index contributed by atoms with van der Waals surface area (Å²) >= 11 is 0. The predicted molar refractivity (Wildman–Crippen MR) is 46.1 cm³/mol. The van der Waals surface area contributed by atoms with Crippen LogP contribution < -0.4 is 5.32 Å². The first-order chi connectivity index (χ1) is 5.81. The monoisotopic (exact) mass is 190 g/mol. The first kappa shape index (κ1) is 11.7. The first-order valence-electron chi connectivity index (χ1n) is 3.88. The first-order valence-corrected chi connectivity index (χ1v) is 3.88. The van der Waals surface area contributed by atoms with Gasteiger partial charge in [-0.05, 0) is 20.8 Å². The van der Waals surface area contributed by atoms with Crippen molar-refractivity contribution in [1.82, 2.24) is 5.32 Å². The Kier molecular flexibility index (Phi) is 4.16. The average Bonchev–Trinajstić information content (AvgIpc) is 1.81. The van der Waals surface area contributed by atoms with Crippen molar-refractivity contribution in [2.75, 3.05) is 13.2 Å². The highest BCUT2D eigenvalue weighted by Gasteiger charge is 2.14. The van der Waals surface area contributed by atoms with Gasteiger partial charge < -0.3 is 10.1 Å². The van der Waals surface area contributed by atoms with E-state index in [2.05, 4.69) is 10.1 Å². The fourth-order valence-corrected chi connectivity index (χ4v) is 0.555. The molecule has 76 valence electrons. The van der Waals surface area contributed by atoms with Crippen LogP contribution in [0.2, 0.25) is 0 Å². The van der Waals surface area contributed by atoms with Gasteiger partial charge in [0.1, 0.15) is 0 Å². The van der Waals surface area contributed by atoms with E-state index in [4.69, 9.17) is 0 Å². The van der Waals surface area contributed by atoms with Crippen LogP contribution in [0, 0.1) is 10.1 Å². The Bertz CT molecular complexity index is 197. The van der Waals surface area contributed by atoms with Crippen molar-refractivity contribution < 1.29 is 14.5 Å². The Morgan fingerprint density at radius 3 is 2.46 bits per heavy atom. The smallest absolute Gasteiger partial charge is 0.407 e. The van der Waals surface area contributed by atoms with Gasteiger partial charge in [-0.2, -0.15) is 0 Å². The Labute approximate surface area is 76.4 Å². The summed E-state index contributed by atoms with van der Waals surface area (Å²) in [5.41, 5.74) is -0.383. The third-order valence-corrected chi connectivity index (χ3v) is 0.984. The molecule has 6 nitrogen and oxygen atoms in total.